The lowest BCUT2D eigenvalue weighted by atomic mass is 9.95. The van der Waals surface area contributed by atoms with Crippen LogP contribution in [0.25, 0.3) is 11.4 Å². The van der Waals surface area contributed by atoms with E-state index in [1.54, 1.807) is 0 Å². The zero-order chi connectivity index (χ0) is 14.1. The van der Waals surface area contributed by atoms with Gasteiger partial charge in [-0.2, -0.15) is 4.98 Å². The van der Waals surface area contributed by atoms with Gasteiger partial charge in [0.1, 0.15) is 13.2 Å². The van der Waals surface area contributed by atoms with Crippen molar-refractivity contribution in [2.24, 2.45) is 5.73 Å². The molecule has 0 bridgehead atoms. The van der Waals surface area contributed by atoms with Crippen LogP contribution in [0.3, 0.4) is 0 Å². The van der Waals surface area contributed by atoms with Crippen molar-refractivity contribution < 1.29 is 14.0 Å². The Labute approximate surface area is 116 Å². The highest BCUT2D eigenvalue weighted by Crippen LogP contribution is 2.42. The lowest BCUT2D eigenvalue weighted by Gasteiger charge is -2.24. The summed E-state index contributed by atoms with van der Waals surface area (Å²) >= 11 is 0. The van der Waals surface area contributed by atoms with Crippen LogP contribution in [0, 0.1) is 0 Å². The van der Waals surface area contributed by atoms with Crippen molar-refractivity contribution in [3.05, 3.63) is 23.6 Å². The van der Waals surface area contributed by atoms with Crippen molar-refractivity contribution in [2.75, 3.05) is 13.2 Å². The first-order chi connectivity index (χ1) is 9.70. The second kappa shape index (κ2) is 5.13. The number of hydrogen-bond donors (Lipinski definition) is 1. The third kappa shape index (κ3) is 2.12. The summed E-state index contributed by atoms with van der Waals surface area (Å²) in [4.78, 5) is 4.29. The lowest BCUT2D eigenvalue weighted by Crippen LogP contribution is -2.17. The predicted octanol–water partition coefficient (Wildman–Crippen LogP) is 2.09. The summed E-state index contributed by atoms with van der Waals surface area (Å²) in [7, 11) is 0. The molecule has 0 radical (unpaired) electrons. The van der Waals surface area contributed by atoms with Crippen molar-refractivity contribution >= 4 is 0 Å². The van der Waals surface area contributed by atoms with Crippen LogP contribution < -0.4 is 15.2 Å². The van der Waals surface area contributed by atoms with Crippen molar-refractivity contribution in [3.8, 4) is 22.9 Å². The molecule has 6 nitrogen and oxygen atoms in total. The number of hydrogen-bond acceptors (Lipinski definition) is 6. The summed E-state index contributed by atoms with van der Waals surface area (Å²) in [6.07, 6.45) is 0. The fourth-order valence-corrected chi connectivity index (χ4v) is 2.35. The van der Waals surface area contributed by atoms with Crippen molar-refractivity contribution in [1.82, 2.24) is 10.1 Å². The molecule has 3 rings (SSSR count). The number of benzene rings is 1. The number of nitrogens with two attached hydrogens (primary N) is 1. The van der Waals surface area contributed by atoms with E-state index in [0.29, 0.717) is 24.9 Å². The van der Waals surface area contributed by atoms with Crippen molar-refractivity contribution in [1.29, 1.82) is 0 Å². The Bertz CT molecular complexity index is 622. The Morgan fingerprint density at radius 1 is 1.25 bits per heavy atom. The summed E-state index contributed by atoms with van der Waals surface area (Å²) in [6.45, 7) is 5.55. The molecule has 1 aliphatic rings. The molecule has 1 aliphatic heterocycles. The highest BCUT2D eigenvalue weighted by Gasteiger charge is 2.24. The van der Waals surface area contributed by atoms with E-state index in [2.05, 4.69) is 24.0 Å². The largest absolute Gasteiger partial charge is 0.486 e. The third-order valence-corrected chi connectivity index (χ3v) is 3.21. The summed E-state index contributed by atoms with van der Waals surface area (Å²) in [5, 5.41) is 3.99. The fraction of sp³-hybridized carbons (Fsp3) is 0.429. The molecular weight excluding hydrogens is 258 g/mol. The van der Waals surface area contributed by atoms with Gasteiger partial charge in [-0.1, -0.05) is 19.0 Å². The monoisotopic (exact) mass is 275 g/mol. The maximum Gasteiger partial charge on any atom is 0.240 e. The molecule has 0 atom stereocenters. The van der Waals surface area contributed by atoms with E-state index in [4.69, 9.17) is 19.7 Å². The van der Waals surface area contributed by atoms with Crippen molar-refractivity contribution in [3.63, 3.8) is 0 Å². The van der Waals surface area contributed by atoms with Gasteiger partial charge in [-0.15, -0.1) is 0 Å². The second-order valence-corrected chi connectivity index (χ2v) is 4.92. The Kier molecular flexibility index (Phi) is 3.31. The van der Waals surface area contributed by atoms with Crippen LogP contribution >= 0.6 is 0 Å². The zero-order valence-electron chi connectivity index (χ0n) is 11.5. The van der Waals surface area contributed by atoms with Gasteiger partial charge in [-0.05, 0) is 18.1 Å². The first-order valence-electron chi connectivity index (χ1n) is 6.66. The Balaban J connectivity index is 2.15. The first kappa shape index (κ1) is 12.9. The molecule has 0 aliphatic carbocycles. The molecule has 106 valence electrons. The van der Waals surface area contributed by atoms with Gasteiger partial charge in [-0.3, -0.25) is 0 Å². The average molecular weight is 275 g/mol. The zero-order valence-corrected chi connectivity index (χ0v) is 11.5. The van der Waals surface area contributed by atoms with E-state index < -0.39 is 0 Å². The number of ether oxygens (including phenoxy) is 2. The van der Waals surface area contributed by atoms with Gasteiger partial charge in [-0.25, -0.2) is 0 Å². The smallest absolute Gasteiger partial charge is 0.240 e. The number of rotatable bonds is 3. The molecule has 2 heterocycles. The molecule has 0 saturated heterocycles. The molecule has 1 aromatic heterocycles. The molecule has 0 spiro atoms. The van der Waals surface area contributed by atoms with Gasteiger partial charge in [0.15, 0.2) is 11.5 Å². The first-order valence-corrected chi connectivity index (χ1v) is 6.66. The van der Waals surface area contributed by atoms with Crippen LogP contribution in [0.15, 0.2) is 16.7 Å². The van der Waals surface area contributed by atoms with Crippen LogP contribution in [0.5, 0.6) is 11.5 Å². The summed E-state index contributed by atoms with van der Waals surface area (Å²) in [5.74, 6) is 2.76. The Morgan fingerprint density at radius 3 is 2.75 bits per heavy atom. The fourth-order valence-electron chi connectivity index (χ4n) is 2.35. The molecule has 2 N–H and O–H groups in total. The van der Waals surface area contributed by atoms with E-state index in [0.717, 1.165) is 22.6 Å². The van der Waals surface area contributed by atoms with Gasteiger partial charge < -0.3 is 19.7 Å². The minimum absolute atomic E-state index is 0.231. The average Bonchev–Trinajstić information content (AvgIpc) is 2.94. The maximum absolute atomic E-state index is 5.78. The predicted molar refractivity (Wildman–Crippen MR) is 72.7 cm³/mol. The van der Waals surface area contributed by atoms with Gasteiger partial charge in [0.25, 0.3) is 0 Å². The number of fused-ring (bicyclic) bond motifs is 1. The highest BCUT2D eigenvalue weighted by atomic mass is 16.6. The van der Waals surface area contributed by atoms with E-state index >= 15 is 0 Å². The Hall–Kier alpha value is -2.08. The van der Waals surface area contributed by atoms with Gasteiger partial charge in [0, 0.05) is 11.1 Å². The van der Waals surface area contributed by atoms with E-state index in [1.807, 2.05) is 12.1 Å². The molecule has 0 amide bonds. The van der Waals surface area contributed by atoms with Crippen LogP contribution in [0.1, 0.15) is 31.2 Å². The van der Waals surface area contributed by atoms with Crippen LogP contribution in [0.4, 0.5) is 0 Å². The number of nitrogens with zero attached hydrogens (tertiary/aromatic N) is 2. The van der Waals surface area contributed by atoms with Crippen LogP contribution in [-0.4, -0.2) is 23.4 Å². The molecule has 1 aromatic carbocycles. The van der Waals surface area contributed by atoms with Gasteiger partial charge >= 0.3 is 0 Å². The molecule has 6 heteroatoms. The normalized spacial score (nSPS) is 13.8. The SMILES string of the molecule is CC(C)c1c(-c2noc(CN)n2)ccc2c1OCCO2. The van der Waals surface area contributed by atoms with Crippen LogP contribution in [-0.2, 0) is 6.54 Å². The van der Waals surface area contributed by atoms with Gasteiger partial charge in [0.05, 0.1) is 6.54 Å². The quantitative estimate of drug-likeness (QED) is 0.923. The highest BCUT2D eigenvalue weighted by molar-refractivity contribution is 5.68. The van der Waals surface area contributed by atoms with E-state index in [1.165, 1.54) is 0 Å². The van der Waals surface area contributed by atoms with E-state index in [-0.39, 0.29) is 12.5 Å². The van der Waals surface area contributed by atoms with Crippen molar-refractivity contribution in [2.45, 2.75) is 26.3 Å². The van der Waals surface area contributed by atoms with E-state index in [9.17, 15) is 0 Å². The third-order valence-electron chi connectivity index (χ3n) is 3.21. The molecular formula is C14H17N3O3. The minimum atomic E-state index is 0.231. The molecule has 0 fully saturated rings. The Morgan fingerprint density at radius 2 is 2.05 bits per heavy atom. The lowest BCUT2D eigenvalue weighted by molar-refractivity contribution is 0.169. The summed E-state index contributed by atoms with van der Waals surface area (Å²) < 4.78 is 16.5. The molecule has 0 saturated carbocycles. The topological polar surface area (TPSA) is 83.4 Å². The minimum Gasteiger partial charge on any atom is -0.486 e. The number of aromatic nitrogens is 2. The molecule has 0 unspecified atom stereocenters. The van der Waals surface area contributed by atoms with Gasteiger partial charge in [0.2, 0.25) is 11.7 Å². The molecule has 20 heavy (non-hydrogen) atoms. The summed E-state index contributed by atoms with van der Waals surface area (Å²) in [6, 6.07) is 3.82. The van der Waals surface area contributed by atoms with Crippen LogP contribution in [0.2, 0.25) is 0 Å². The standard InChI is InChI=1S/C14H17N3O3/c1-8(2)12-9(14-16-11(7-15)20-17-14)3-4-10-13(12)19-6-5-18-10/h3-4,8H,5-7,15H2,1-2H3. The molecule has 2 aromatic rings. The maximum atomic E-state index is 5.78. The second-order valence-electron chi connectivity index (χ2n) is 4.92. The summed E-state index contributed by atoms with van der Waals surface area (Å²) in [5.41, 5.74) is 7.44.